The Morgan fingerprint density at radius 1 is 1.18 bits per heavy atom. The lowest BCUT2D eigenvalue weighted by Gasteiger charge is -2.27. The first kappa shape index (κ1) is 12.3. The molecule has 0 atom stereocenters. The molecule has 2 rings (SSSR count). The normalized spacial score (nSPS) is 17.4. The second-order valence-electron chi connectivity index (χ2n) is 3.69. The molecule has 17 heavy (non-hydrogen) atoms. The van der Waals surface area contributed by atoms with Crippen LogP contribution in [0.15, 0.2) is 24.3 Å². The Morgan fingerprint density at radius 3 is 2.35 bits per heavy atom. The smallest absolute Gasteiger partial charge is 0.362 e. The van der Waals surface area contributed by atoms with E-state index in [9.17, 15) is 18.0 Å². The first-order valence-corrected chi connectivity index (χ1v) is 6.03. The first-order valence-electron chi connectivity index (χ1n) is 5.04. The van der Waals surface area contributed by atoms with Crippen LogP contribution in [0.1, 0.15) is 5.56 Å². The van der Waals surface area contributed by atoms with Gasteiger partial charge in [-0.25, -0.2) is 0 Å². The van der Waals surface area contributed by atoms with E-state index in [0.29, 0.717) is 18.0 Å². The number of halogens is 3. The molecule has 1 aromatic carbocycles. The van der Waals surface area contributed by atoms with Crippen LogP contribution in [0, 0.1) is 0 Å². The molecule has 1 aliphatic heterocycles. The topological polar surface area (TPSA) is 20.3 Å². The van der Waals surface area contributed by atoms with Gasteiger partial charge in [0.1, 0.15) is 0 Å². The van der Waals surface area contributed by atoms with E-state index in [2.05, 4.69) is 0 Å². The average molecular weight is 261 g/mol. The van der Waals surface area contributed by atoms with Crippen LogP contribution in [0.25, 0.3) is 0 Å². The predicted octanol–water partition coefficient (Wildman–Crippen LogP) is 2.79. The molecule has 0 aromatic heterocycles. The summed E-state index contributed by atoms with van der Waals surface area (Å²) < 4.78 is 37.1. The Balaban J connectivity index is 2.15. The quantitative estimate of drug-likeness (QED) is 0.775. The molecule has 2 nitrogen and oxygen atoms in total. The largest absolute Gasteiger partial charge is 0.416 e. The van der Waals surface area contributed by atoms with Crippen LogP contribution in [-0.4, -0.2) is 24.0 Å². The van der Waals surface area contributed by atoms with Crippen LogP contribution in [0.4, 0.5) is 18.9 Å². The molecule has 0 spiro atoms. The third kappa shape index (κ3) is 2.94. The number of hydrogen-bond donors (Lipinski definition) is 0. The van der Waals surface area contributed by atoms with Gasteiger partial charge in [-0.3, -0.25) is 4.79 Å². The lowest BCUT2D eigenvalue weighted by Crippen LogP contribution is -2.35. The maximum atomic E-state index is 12.4. The van der Waals surface area contributed by atoms with Gasteiger partial charge in [-0.05, 0) is 24.3 Å². The molecule has 1 aliphatic rings. The zero-order valence-electron chi connectivity index (χ0n) is 8.83. The maximum absolute atomic E-state index is 12.4. The Hall–Kier alpha value is -1.17. The zero-order valence-corrected chi connectivity index (χ0v) is 9.64. The number of carbonyl (C=O) groups excluding carboxylic acids is 1. The lowest BCUT2D eigenvalue weighted by atomic mass is 10.2. The summed E-state index contributed by atoms with van der Waals surface area (Å²) in [6, 6.07) is 4.90. The fraction of sp³-hybridized carbons (Fsp3) is 0.364. The lowest BCUT2D eigenvalue weighted by molar-refractivity contribution is -0.137. The van der Waals surface area contributed by atoms with Crippen LogP contribution >= 0.6 is 11.8 Å². The molecule has 92 valence electrons. The summed E-state index contributed by atoms with van der Waals surface area (Å²) in [6.45, 7) is 0.942. The van der Waals surface area contributed by atoms with Gasteiger partial charge >= 0.3 is 6.18 Å². The molecule has 0 aliphatic carbocycles. The highest BCUT2D eigenvalue weighted by molar-refractivity contribution is 8.13. The Kier molecular flexibility index (Phi) is 3.33. The molecule has 0 radical (unpaired) electrons. The molecule has 0 unspecified atom stereocenters. The molecule has 1 aromatic rings. The van der Waals surface area contributed by atoms with Crippen molar-refractivity contribution in [2.45, 2.75) is 6.18 Å². The van der Waals surface area contributed by atoms with Crippen molar-refractivity contribution >= 4 is 22.6 Å². The van der Waals surface area contributed by atoms with Crippen molar-refractivity contribution in [1.29, 1.82) is 0 Å². The van der Waals surface area contributed by atoms with E-state index in [1.165, 1.54) is 23.9 Å². The van der Waals surface area contributed by atoms with Crippen molar-refractivity contribution in [2.75, 3.05) is 23.7 Å². The second-order valence-corrected chi connectivity index (χ2v) is 4.84. The van der Waals surface area contributed by atoms with Gasteiger partial charge in [-0.2, -0.15) is 13.2 Å². The molecule has 0 amide bonds. The van der Waals surface area contributed by atoms with Gasteiger partial charge in [0.05, 0.1) is 12.1 Å². The fourth-order valence-corrected chi connectivity index (χ4v) is 2.42. The number of alkyl halides is 3. The minimum absolute atomic E-state index is 0.0520. The van der Waals surface area contributed by atoms with E-state index in [4.69, 9.17) is 0 Å². The van der Waals surface area contributed by atoms with E-state index >= 15 is 0 Å². The number of carbonyl (C=O) groups is 1. The van der Waals surface area contributed by atoms with Crippen LogP contribution in [-0.2, 0) is 11.0 Å². The SMILES string of the molecule is O=C1CN(c2ccc(C(F)(F)F)cc2)CCS1. The van der Waals surface area contributed by atoms with E-state index in [0.717, 1.165) is 12.1 Å². The number of rotatable bonds is 1. The Bertz CT molecular complexity index is 416. The van der Waals surface area contributed by atoms with Crippen molar-refractivity contribution < 1.29 is 18.0 Å². The Morgan fingerprint density at radius 2 is 1.82 bits per heavy atom. The van der Waals surface area contributed by atoms with Gasteiger partial charge < -0.3 is 4.90 Å². The van der Waals surface area contributed by atoms with Gasteiger partial charge in [0, 0.05) is 18.0 Å². The van der Waals surface area contributed by atoms with Crippen LogP contribution in [0.2, 0.25) is 0 Å². The third-order valence-electron chi connectivity index (χ3n) is 2.50. The number of nitrogens with zero attached hydrogens (tertiary/aromatic N) is 1. The summed E-state index contributed by atoms with van der Waals surface area (Å²) in [5, 5.41) is 0.0520. The fourth-order valence-electron chi connectivity index (χ4n) is 1.63. The molecule has 1 saturated heterocycles. The molecule has 0 N–H and O–H groups in total. The van der Waals surface area contributed by atoms with Crippen LogP contribution < -0.4 is 4.90 Å². The molecular formula is C11H10F3NOS. The van der Waals surface area contributed by atoms with Crippen LogP contribution in [0.5, 0.6) is 0 Å². The summed E-state index contributed by atoms with van der Waals surface area (Å²) in [5.41, 5.74) is -0.00869. The van der Waals surface area contributed by atoms with Crippen molar-refractivity contribution in [3.05, 3.63) is 29.8 Å². The predicted molar refractivity (Wildman–Crippen MR) is 61.1 cm³/mol. The number of hydrogen-bond acceptors (Lipinski definition) is 3. The van der Waals surface area contributed by atoms with Gasteiger partial charge in [0.2, 0.25) is 5.12 Å². The van der Waals surface area contributed by atoms with Crippen molar-refractivity contribution in [1.82, 2.24) is 0 Å². The molecule has 0 saturated carbocycles. The highest BCUT2D eigenvalue weighted by atomic mass is 32.2. The van der Waals surface area contributed by atoms with E-state index in [1.54, 1.807) is 4.90 Å². The molecule has 1 heterocycles. The molecule has 0 bridgehead atoms. The molecular weight excluding hydrogens is 251 g/mol. The summed E-state index contributed by atoms with van der Waals surface area (Å²) in [7, 11) is 0. The number of anilines is 1. The highest BCUT2D eigenvalue weighted by Crippen LogP contribution is 2.31. The monoisotopic (exact) mass is 261 g/mol. The van der Waals surface area contributed by atoms with Gasteiger partial charge in [-0.15, -0.1) is 0 Å². The number of benzene rings is 1. The third-order valence-corrected chi connectivity index (χ3v) is 3.34. The summed E-state index contributed by atoms with van der Waals surface area (Å²) >= 11 is 1.26. The van der Waals surface area contributed by atoms with Gasteiger partial charge in [0.25, 0.3) is 0 Å². The van der Waals surface area contributed by atoms with Crippen LogP contribution in [0.3, 0.4) is 0 Å². The van der Waals surface area contributed by atoms with E-state index in [1.807, 2.05) is 0 Å². The second kappa shape index (κ2) is 4.60. The van der Waals surface area contributed by atoms with Gasteiger partial charge in [-0.1, -0.05) is 11.8 Å². The minimum atomic E-state index is -4.31. The summed E-state index contributed by atoms with van der Waals surface area (Å²) in [4.78, 5) is 13.0. The standard InChI is InChI=1S/C11H10F3NOS/c12-11(13,14)8-1-3-9(4-2-8)15-5-6-17-10(16)7-15/h1-4H,5-7H2. The zero-order chi connectivity index (χ0) is 12.5. The van der Waals surface area contributed by atoms with Crippen molar-refractivity contribution in [3.8, 4) is 0 Å². The Labute approximate surface area is 101 Å². The first-order chi connectivity index (χ1) is 7.97. The summed E-state index contributed by atoms with van der Waals surface area (Å²) in [5.74, 6) is 0.680. The maximum Gasteiger partial charge on any atom is 0.416 e. The molecule has 1 fully saturated rings. The van der Waals surface area contributed by atoms with E-state index in [-0.39, 0.29) is 11.7 Å². The summed E-state index contributed by atoms with van der Waals surface area (Å²) in [6.07, 6.45) is -4.31. The number of thioether (sulfide) groups is 1. The minimum Gasteiger partial charge on any atom is -0.362 e. The highest BCUT2D eigenvalue weighted by Gasteiger charge is 2.30. The van der Waals surface area contributed by atoms with Crippen molar-refractivity contribution in [2.24, 2.45) is 0 Å². The van der Waals surface area contributed by atoms with Crippen molar-refractivity contribution in [3.63, 3.8) is 0 Å². The molecule has 6 heteroatoms. The van der Waals surface area contributed by atoms with Gasteiger partial charge in [0.15, 0.2) is 0 Å². The van der Waals surface area contributed by atoms with E-state index < -0.39 is 11.7 Å². The average Bonchev–Trinajstić information content (AvgIpc) is 2.28.